The smallest absolute Gasteiger partial charge is 0.238 e. The summed E-state index contributed by atoms with van der Waals surface area (Å²) in [5.41, 5.74) is 13.3. The number of hydrogen-bond acceptors (Lipinski definition) is 4. The Morgan fingerprint density at radius 1 is 0.968 bits per heavy atom. The molecule has 0 aliphatic heterocycles. The van der Waals surface area contributed by atoms with Crippen LogP contribution in [0.25, 0.3) is 11.1 Å². The van der Waals surface area contributed by atoms with Crippen LogP contribution in [0.3, 0.4) is 0 Å². The van der Waals surface area contributed by atoms with Gasteiger partial charge in [0.25, 0.3) is 0 Å². The summed E-state index contributed by atoms with van der Waals surface area (Å²) in [4.78, 5) is 15.0. The van der Waals surface area contributed by atoms with Crippen LogP contribution >= 0.6 is 0 Å². The third-order valence-corrected chi connectivity index (χ3v) is 5.55. The van der Waals surface area contributed by atoms with Crippen LogP contribution in [0.2, 0.25) is 0 Å². The minimum atomic E-state index is -3.97. The molecule has 1 amide bonds. The SMILES string of the molecule is NC(=O)CCc1cccc(C(N)=Nc2ccc(-c3ccccc3S(N)(=O)=O)cc2F)c1. The number of primary sulfonamides is 1. The molecule has 0 aliphatic carbocycles. The number of sulfonamides is 1. The lowest BCUT2D eigenvalue weighted by Crippen LogP contribution is -2.14. The molecule has 0 saturated carbocycles. The van der Waals surface area contributed by atoms with Crippen LogP contribution in [0, 0.1) is 5.82 Å². The Bertz CT molecular complexity index is 1270. The molecular weight excluding hydrogens is 419 g/mol. The van der Waals surface area contributed by atoms with Crippen LogP contribution in [-0.4, -0.2) is 20.2 Å². The number of aliphatic imine (C=N–C) groups is 1. The van der Waals surface area contributed by atoms with Crippen LogP contribution in [0.5, 0.6) is 0 Å². The van der Waals surface area contributed by atoms with E-state index < -0.39 is 21.7 Å². The number of primary amides is 1. The number of benzene rings is 3. The van der Waals surface area contributed by atoms with Crippen molar-refractivity contribution in [2.75, 3.05) is 0 Å². The van der Waals surface area contributed by atoms with Crippen LogP contribution < -0.4 is 16.6 Å². The zero-order valence-corrected chi connectivity index (χ0v) is 17.3. The van der Waals surface area contributed by atoms with Gasteiger partial charge in [-0.2, -0.15) is 0 Å². The Kier molecular flexibility index (Phi) is 6.47. The molecule has 6 N–H and O–H groups in total. The molecule has 0 spiro atoms. The molecule has 0 radical (unpaired) electrons. The van der Waals surface area contributed by atoms with Gasteiger partial charge in [-0.25, -0.2) is 22.9 Å². The molecule has 0 bridgehead atoms. The van der Waals surface area contributed by atoms with E-state index in [4.69, 9.17) is 16.6 Å². The Balaban J connectivity index is 1.92. The first-order valence-corrected chi connectivity index (χ1v) is 10.8. The van der Waals surface area contributed by atoms with Crippen molar-refractivity contribution >= 4 is 27.5 Å². The summed E-state index contributed by atoms with van der Waals surface area (Å²) < 4.78 is 38.4. The summed E-state index contributed by atoms with van der Waals surface area (Å²) in [6, 6.07) is 17.3. The summed E-state index contributed by atoms with van der Waals surface area (Å²) in [6.07, 6.45) is 0.666. The van der Waals surface area contributed by atoms with Crippen molar-refractivity contribution in [2.24, 2.45) is 21.6 Å². The number of hydrogen-bond donors (Lipinski definition) is 3. The van der Waals surface area contributed by atoms with Crippen molar-refractivity contribution in [1.82, 2.24) is 0 Å². The second-order valence-electron chi connectivity index (χ2n) is 6.87. The zero-order valence-electron chi connectivity index (χ0n) is 16.5. The van der Waals surface area contributed by atoms with Crippen molar-refractivity contribution in [1.29, 1.82) is 0 Å². The maximum atomic E-state index is 14.7. The van der Waals surface area contributed by atoms with Gasteiger partial charge in [-0.1, -0.05) is 42.5 Å². The minimum absolute atomic E-state index is 0.00289. The first kappa shape index (κ1) is 22.1. The van der Waals surface area contributed by atoms with Gasteiger partial charge in [-0.3, -0.25) is 4.79 Å². The van der Waals surface area contributed by atoms with Gasteiger partial charge in [-0.05, 0) is 41.8 Å². The van der Waals surface area contributed by atoms with Gasteiger partial charge in [0.1, 0.15) is 17.3 Å². The molecule has 160 valence electrons. The van der Waals surface area contributed by atoms with Gasteiger partial charge in [0.2, 0.25) is 15.9 Å². The van der Waals surface area contributed by atoms with E-state index in [0.29, 0.717) is 17.5 Å². The van der Waals surface area contributed by atoms with Gasteiger partial charge >= 0.3 is 0 Å². The van der Waals surface area contributed by atoms with Gasteiger partial charge < -0.3 is 11.5 Å². The number of aryl methyl sites for hydroxylation is 1. The molecule has 0 atom stereocenters. The predicted octanol–water partition coefficient (Wildman–Crippen LogP) is 2.60. The number of nitrogens with two attached hydrogens (primary N) is 3. The molecule has 0 unspecified atom stereocenters. The molecule has 0 heterocycles. The van der Waals surface area contributed by atoms with Crippen LogP contribution in [0.1, 0.15) is 17.5 Å². The normalized spacial score (nSPS) is 12.0. The van der Waals surface area contributed by atoms with Gasteiger partial charge in [0.15, 0.2) is 0 Å². The Labute approximate surface area is 179 Å². The van der Waals surface area contributed by atoms with Crippen LogP contribution in [0.4, 0.5) is 10.1 Å². The summed E-state index contributed by atoms with van der Waals surface area (Å²) in [5.74, 6) is -0.981. The summed E-state index contributed by atoms with van der Waals surface area (Å²) in [7, 11) is -3.97. The van der Waals surface area contributed by atoms with E-state index in [9.17, 15) is 17.6 Å². The van der Waals surface area contributed by atoms with Gasteiger partial charge in [0, 0.05) is 17.5 Å². The van der Waals surface area contributed by atoms with Gasteiger partial charge in [-0.15, -0.1) is 0 Å². The van der Waals surface area contributed by atoms with Crippen molar-refractivity contribution in [3.8, 4) is 11.1 Å². The highest BCUT2D eigenvalue weighted by Gasteiger charge is 2.16. The fourth-order valence-electron chi connectivity index (χ4n) is 3.07. The molecule has 31 heavy (non-hydrogen) atoms. The average Bonchev–Trinajstić information content (AvgIpc) is 2.73. The average molecular weight is 441 g/mol. The van der Waals surface area contributed by atoms with Crippen molar-refractivity contribution < 1.29 is 17.6 Å². The lowest BCUT2D eigenvalue weighted by molar-refractivity contribution is -0.117. The Morgan fingerprint density at radius 2 is 1.71 bits per heavy atom. The van der Waals surface area contributed by atoms with E-state index in [2.05, 4.69) is 4.99 Å². The largest absolute Gasteiger partial charge is 0.383 e. The topological polar surface area (TPSA) is 142 Å². The molecular formula is C22H21FN4O3S. The van der Waals surface area contributed by atoms with E-state index in [1.54, 1.807) is 36.4 Å². The van der Waals surface area contributed by atoms with E-state index in [0.717, 1.165) is 5.56 Å². The summed E-state index contributed by atoms with van der Waals surface area (Å²) in [6.45, 7) is 0. The molecule has 3 aromatic rings. The first-order chi connectivity index (χ1) is 14.6. The molecule has 0 aliphatic rings. The third-order valence-electron chi connectivity index (χ3n) is 4.58. The highest BCUT2D eigenvalue weighted by Crippen LogP contribution is 2.30. The number of amides is 1. The number of carbonyl (C=O) groups excluding carboxylic acids is 1. The summed E-state index contributed by atoms with van der Waals surface area (Å²) >= 11 is 0. The molecule has 0 saturated heterocycles. The lowest BCUT2D eigenvalue weighted by Gasteiger charge is -2.09. The monoisotopic (exact) mass is 440 g/mol. The van der Waals surface area contributed by atoms with Crippen molar-refractivity contribution in [3.05, 3.63) is 83.7 Å². The van der Waals surface area contributed by atoms with E-state index >= 15 is 0 Å². The lowest BCUT2D eigenvalue weighted by atomic mass is 10.0. The molecule has 3 aromatic carbocycles. The Morgan fingerprint density at radius 3 is 2.39 bits per heavy atom. The molecule has 0 aromatic heterocycles. The highest BCUT2D eigenvalue weighted by atomic mass is 32.2. The zero-order chi connectivity index (χ0) is 22.6. The number of nitrogens with zero attached hydrogens (tertiary/aromatic N) is 1. The number of carbonyl (C=O) groups is 1. The van der Waals surface area contributed by atoms with Crippen LogP contribution in [-0.2, 0) is 21.2 Å². The highest BCUT2D eigenvalue weighted by molar-refractivity contribution is 7.89. The second kappa shape index (κ2) is 9.07. The summed E-state index contributed by atoms with van der Waals surface area (Å²) in [5, 5.41) is 5.26. The maximum absolute atomic E-state index is 14.7. The van der Waals surface area contributed by atoms with E-state index in [1.165, 1.54) is 24.3 Å². The number of rotatable bonds is 7. The minimum Gasteiger partial charge on any atom is -0.383 e. The molecule has 7 nitrogen and oxygen atoms in total. The number of amidine groups is 1. The first-order valence-electron chi connectivity index (χ1n) is 9.28. The predicted molar refractivity (Wildman–Crippen MR) is 118 cm³/mol. The third kappa shape index (κ3) is 5.53. The maximum Gasteiger partial charge on any atom is 0.238 e. The van der Waals surface area contributed by atoms with Crippen molar-refractivity contribution in [2.45, 2.75) is 17.7 Å². The second-order valence-corrected chi connectivity index (χ2v) is 8.40. The Hall–Kier alpha value is -3.56. The molecule has 0 fully saturated rings. The fraction of sp³-hybridized carbons (Fsp3) is 0.0909. The van der Waals surface area contributed by atoms with E-state index in [-0.39, 0.29) is 28.4 Å². The quantitative estimate of drug-likeness (QED) is 0.383. The molecule has 9 heteroatoms. The van der Waals surface area contributed by atoms with Crippen molar-refractivity contribution in [3.63, 3.8) is 0 Å². The number of halogens is 1. The van der Waals surface area contributed by atoms with E-state index in [1.807, 2.05) is 6.07 Å². The standard InChI is InChI=1S/C22H21FN4O3S/c23-18-13-15(17-6-1-2-7-20(17)31(26,29)30)9-10-19(18)27-22(25)16-5-3-4-14(12-16)8-11-21(24)28/h1-7,9-10,12-13H,8,11H2,(H2,24,28)(H2,25,27)(H2,26,29,30). The van der Waals surface area contributed by atoms with Crippen LogP contribution in [0.15, 0.2) is 76.6 Å². The molecule has 3 rings (SSSR count). The fourth-order valence-corrected chi connectivity index (χ4v) is 3.83. The van der Waals surface area contributed by atoms with Gasteiger partial charge in [0.05, 0.1) is 4.90 Å².